The molecule has 0 spiro atoms. The predicted octanol–water partition coefficient (Wildman–Crippen LogP) is 6.27. The number of phenols is 1. The maximum Gasteiger partial charge on any atom is 0.250 e. The van der Waals surface area contributed by atoms with E-state index in [1.165, 1.54) is 17.3 Å². The lowest BCUT2D eigenvalue weighted by molar-refractivity contribution is -0.118. The smallest absolute Gasteiger partial charge is 0.250 e. The number of rotatable bonds is 8. The number of nitrogens with one attached hydrogen (secondary N) is 1. The van der Waals surface area contributed by atoms with Crippen LogP contribution < -0.4 is 5.43 Å². The Labute approximate surface area is 228 Å². The van der Waals surface area contributed by atoms with E-state index in [2.05, 4.69) is 65.8 Å². The zero-order chi connectivity index (χ0) is 27.3. The van der Waals surface area contributed by atoms with Gasteiger partial charge in [0.05, 0.1) is 11.5 Å². The fourth-order valence-corrected chi connectivity index (χ4v) is 4.63. The summed E-state index contributed by atoms with van der Waals surface area (Å²) in [5.74, 6) is 0.792. The van der Waals surface area contributed by atoms with Gasteiger partial charge in [-0.15, -0.1) is 10.2 Å². The van der Waals surface area contributed by atoms with E-state index in [1.54, 1.807) is 24.3 Å². The number of thioether (sulfide) groups is 1. The lowest BCUT2D eigenvalue weighted by atomic mass is 9.87. The summed E-state index contributed by atoms with van der Waals surface area (Å²) >= 11 is 1.31. The van der Waals surface area contributed by atoms with Gasteiger partial charge in [-0.1, -0.05) is 81.4 Å². The Morgan fingerprint density at radius 2 is 1.63 bits per heavy atom. The molecule has 8 heteroatoms. The molecule has 0 aliphatic rings. The number of hydrazone groups is 1. The summed E-state index contributed by atoms with van der Waals surface area (Å²) in [5.41, 5.74) is 8.56. The first-order valence-corrected chi connectivity index (χ1v) is 13.5. The van der Waals surface area contributed by atoms with Crippen LogP contribution >= 0.6 is 11.8 Å². The third-order valence-corrected chi connectivity index (χ3v) is 7.05. The average molecular weight is 528 g/mol. The SMILES string of the molecule is CC/C(=N\NC(=O)CSc1nnc(-c2ccc(C(C)(C)C)cc2)n1-c1ccc(C)cc1)c1ccc(O)cc1. The first kappa shape index (κ1) is 27.1. The second-order valence-corrected chi connectivity index (χ2v) is 11.0. The van der Waals surface area contributed by atoms with Crippen molar-refractivity contribution in [3.8, 4) is 22.8 Å². The van der Waals surface area contributed by atoms with E-state index in [-0.39, 0.29) is 22.8 Å². The van der Waals surface area contributed by atoms with Crippen molar-refractivity contribution in [1.29, 1.82) is 0 Å². The van der Waals surface area contributed by atoms with Gasteiger partial charge in [0, 0.05) is 11.3 Å². The van der Waals surface area contributed by atoms with Gasteiger partial charge in [-0.25, -0.2) is 5.43 Å². The molecule has 1 aromatic heterocycles. The van der Waals surface area contributed by atoms with Gasteiger partial charge >= 0.3 is 0 Å². The number of aryl methyl sites for hydroxylation is 1. The van der Waals surface area contributed by atoms with Crippen molar-refractivity contribution < 1.29 is 9.90 Å². The molecule has 4 aromatic rings. The van der Waals surface area contributed by atoms with E-state index in [0.717, 1.165) is 33.9 Å². The minimum atomic E-state index is -0.241. The standard InChI is InChI=1S/C30H33N5O2S/c1-6-26(21-11-17-25(36)18-12-21)31-32-27(37)19-38-29-34-33-28(35(29)24-15-7-20(2)8-16-24)22-9-13-23(14-10-22)30(3,4)5/h7-18,36H,6,19H2,1-5H3,(H,32,37)/b31-26+. The van der Waals surface area contributed by atoms with E-state index < -0.39 is 0 Å². The number of carbonyl (C=O) groups is 1. The van der Waals surface area contributed by atoms with E-state index >= 15 is 0 Å². The molecule has 0 fully saturated rings. The lowest BCUT2D eigenvalue weighted by Gasteiger charge is -2.19. The molecule has 0 radical (unpaired) electrons. The molecule has 196 valence electrons. The first-order chi connectivity index (χ1) is 18.2. The van der Waals surface area contributed by atoms with E-state index in [4.69, 9.17) is 0 Å². The molecule has 0 saturated carbocycles. The van der Waals surface area contributed by atoms with E-state index in [9.17, 15) is 9.90 Å². The minimum Gasteiger partial charge on any atom is -0.508 e. The number of carbonyl (C=O) groups excluding carboxylic acids is 1. The molecule has 38 heavy (non-hydrogen) atoms. The van der Waals surface area contributed by atoms with Crippen molar-refractivity contribution in [2.75, 3.05) is 5.75 Å². The monoisotopic (exact) mass is 527 g/mol. The number of aromatic hydroxyl groups is 1. The average Bonchev–Trinajstić information content (AvgIpc) is 3.32. The molecule has 1 heterocycles. The lowest BCUT2D eigenvalue weighted by Crippen LogP contribution is -2.22. The molecule has 2 N–H and O–H groups in total. The Morgan fingerprint density at radius 1 is 0.974 bits per heavy atom. The van der Waals surface area contributed by atoms with Crippen molar-refractivity contribution in [3.05, 3.63) is 89.5 Å². The third kappa shape index (κ3) is 6.50. The minimum absolute atomic E-state index is 0.0555. The fraction of sp³-hybridized carbons (Fsp3) is 0.267. The van der Waals surface area contributed by atoms with Crippen molar-refractivity contribution >= 4 is 23.4 Å². The second kappa shape index (κ2) is 11.6. The van der Waals surface area contributed by atoms with Crippen molar-refractivity contribution in [1.82, 2.24) is 20.2 Å². The number of aromatic nitrogens is 3. The molecule has 0 unspecified atom stereocenters. The van der Waals surface area contributed by atoms with Crippen molar-refractivity contribution in [2.45, 2.75) is 51.6 Å². The summed E-state index contributed by atoms with van der Waals surface area (Å²) in [5, 5.41) is 23.4. The zero-order valence-corrected chi connectivity index (χ0v) is 23.2. The van der Waals surface area contributed by atoms with E-state index in [0.29, 0.717) is 11.6 Å². The number of benzene rings is 3. The molecular formula is C30H33N5O2S. The van der Waals surface area contributed by atoms with Gasteiger partial charge in [-0.05, 0) is 66.3 Å². The number of phenolic OH excluding ortho intramolecular Hbond substituents is 1. The Kier molecular flexibility index (Phi) is 8.32. The summed E-state index contributed by atoms with van der Waals surface area (Å²) < 4.78 is 1.99. The highest BCUT2D eigenvalue weighted by atomic mass is 32.2. The van der Waals surface area contributed by atoms with Crippen LogP contribution in [0.25, 0.3) is 17.1 Å². The number of hydrogen-bond acceptors (Lipinski definition) is 6. The Hall–Kier alpha value is -3.91. The molecule has 1 amide bonds. The van der Waals surface area contributed by atoms with Crippen LogP contribution in [-0.2, 0) is 10.2 Å². The fourth-order valence-electron chi connectivity index (χ4n) is 3.89. The molecule has 7 nitrogen and oxygen atoms in total. The Morgan fingerprint density at radius 3 is 2.24 bits per heavy atom. The normalized spacial score (nSPS) is 12.0. The number of nitrogens with zero attached hydrogens (tertiary/aromatic N) is 4. The van der Waals surface area contributed by atoms with Crippen LogP contribution in [0, 0.1) is 6.92 Å². The summed E-state index contributed by atoms with van der Waals surface area (Å²) in [6.45, 7) is 10.6. The largest absolute Gasteiger partial charge is 0.508 e. The maximum absolute atomic E-state index is 12.7. The first-order valence-electron chi connectivity index (χ1n) is 12.6. The quantitative estimate of drug-likeness (QED) is 0.160. The summed E-state index contributed by atoms with van der Waals surface area (Å²) in [4.78, 5) is 12.7. The van der Waals surface area contributed by atoms with Crippen LogP contribution in [-0.4, -0.2) is 37.2 Å². The molecule has 4 rings (SSSR count). The topological polar surface area (TPSA) is 92.4 Å². The predicted molar refractivity (Wildman–Crippen MR) is 154 cm³/mol. The van der Waals surface area contributed by atoms with Gasteiger partial charge in [0.25, 0.3) is 5.91 Å². The highest BCUT2D eigenvalue weighted by molar-refractivity contribution is 7.99. The van der Waals surface area contributed by atoms with Gasteiger partial charge in [0.1, 0.15) is 5.75 Å². The molecule has 0 bridgehead atoms. The van der Waals surface area contributed by atoms with Gasteiger partial charge in [0.2, 0.25) is 0 Å². The molecule has 0 aliphatic carbocycles. The molecule has 0 aliphatic heterocycles. The molecule has 0 atom stereocenters. The molecular weight excluding hydrogens is 494 g/mol. The van der Waals surface area contributed by atoms with Crippen LogP contribution in [0.3, 0.4) is 0 Å². The zero-order valence-electron chi connectivity index (χ0n) is 22.4. The van der Waals surface area contributed by atoms with Crippen LogP contribution in [0.15, 0.2) is 83.1 Å². The van der Waals surface area contributed by atoms with Crippen LogP contribution in [0.4, 0.5) is 0 Å². The molecule has 0 saturated heterocycles. The van der Waals surface area contributed by atoms with Crippen molar-refractivity contribution in [3.63, 3.8) is 0 Å². The third-order valence-electron chi connectivity index (χ3n) is 6.12. The second-order valence-electron chi connectivity index (χ2n) is 10.1. The highest BCUT2D eigenvalue weighted by Gasteiger charge is 2.19. The van der Waals surface area contributed by atoms with Crippen LogP contribution in [0.5, 0.6) is 5.75 Å². The van der Waals surface area contributed by atoms with Crippen molar-refractivity contribution in [2.24, 2.45) is 5.10 Å². The summed E-state index contributed by atoms with van der Waals surface area (Å²) in [7, 11) is 0. The van der Waals surface area contributed by atoms with Crippen LogP contribution in [0.2, 0.25) is 0 Å². The van der Waals surface area contributed by atoms with Gasteiger partial charge < -0.3 is 5.11 Å². The Bertz CT molecular complexity index is 1420. The van der Waals surface area contributed by atoms with E-state index in [1.807, 2.05) is 42.7 Å². The summed E-state index contributed by atoms with van der Waals surface area (Å²) in [6, 6.07) is 23.3. The van der Waals surface area contributed by atoms with Gasteiger partial charge in [0.15, 0.2) is 11.0 Å². The highest BCUT2D eigenvalue weighted by Crippen LogP contribution is 2.30. The van der Waals surface area contributed by atoms with Gasteiger partial charge in [-0.3, -0.25) is 9.36 Å². The summed E-state index contributed by atoms with van der Waals surface area (Å²) in [6.07, 6.45) is 0.636. The van der Waals surface area contributed by atoms with Crippen LogP contribution in [0.1, 0.15) is 50.8 Å². The Balaban J connectivity index is 1.56. The molecule has 3 aromatic carbocycles. The number of hydrogen-bond donors (Lipinski definition) is 2. The maximum atomic E-state index is 12.7. The van der Waals surface area contributed by atoms with Gasteiger partial charge in [-0.2, -0.15) is 5.10 Å². The number of amides is 1.